The van der Waals surface area contributed by atoms with Gasteiger partial charge in [0.2, 0.25) is 0 Å². The first-order chi connectivity index (χ1) is 24.4. The Kier molecular flexibility index (Phi) is 12.6. The van der Waals surface area contributed by atoms with E-state index < -0.39 is 35.7 Å². The Morgan fingerprint density at radius 2 is 1.46 bits per heavy atom. The molecule has 0 radical (unpaired) electrons. The number of H-pyrrole nitrogens is 1. The lowest BCUT2D eigenvalue weighted by molar-refractivity contribution is -0.192. The lowest BCUT2D eigenvalue weighted by atomic mass is 10.0. The van der Waals surface area contributed by atoms with Crippen molar-refractivity contribution in [2.75, 3.05) is 43.4 Å². The molecule has 2 amide bonds. The predicted molar refractivity (Wildman–Crippen MR) is 180 cm³/mol. The van der Waals surface area contributed by atoms with Crippen molar-refractivity contribution in [3.05, 3.63) is 111 Å². The van der Waals surface area contributed by atoms with Crippen molar-refractivity contribution >= 4 is 29.2 Å². The maximum atomic E-state index is 14.1. The number of carbonyl (C=O) groups is 3. The van der Waals surface area contributed by atoms with E-state index in [0.29, 0.717) is 41.0 Å². The Balaban J connectivity index is 0.000000785. The summed E-state index contributed by atoms with van der Waals surface area (Å²) in [7, 11) is 0. The Labute approximate surface area is 293 Å². The number of hydrogen-bond acceptors (Lipinski definition) is 7. The number of aromatic amines is 1. The fourth-order valence-electron chi connectivity index (χ4n) is 5.23. The summed E-state index contributed by atoms with van der Waals surface area (Å²) in [5, 5.41) is 18.6. The Hall–Kier alpha value is -5.55. The summed E-state index contributed by atoms with van der Waals surface area (Å²) in [4.78, 5) is 51.1. The molecule has 0 bridgehead atoms. The zero-order valence-electron chi connectivity index (χ0n) is 27.9. The number of benzene rings is 3. The van der Waals surface area contributed by atoms with Gasteiger partial charge in [-0.3, -0.25) is 19.3 Å². The van der Waals surface area contributed by atoms with Gasteiger partial charge in [0.1, 0.15) is 0 Å². The fraction of sp³-hybridized carbons (Fsp3) is 0.286. The minimum atomic E-state index is -5.08. The molecule has 0 unspecified atom stereocenters. The fourth-order valence-corrected chi connectivity index (χ4v) is 5.23. The maximum Gasteiger partial charge on any atom is 0.490 e. The molecule has 11 nitrogen and oxygen atoms in total. The highest BCUT2D eigenvalue weighted by Gasteiger charge is 2.38. The zero-order chi connectivity index (χ0) is 38.2. The predicted octanol–water partition coefficient (Wildman–Crippen LogP) is 6.04. The minimum Gasteiger partial charge on any atom is -0.475 e. The second kappa shape index (κ2) is 16.6. The molecule has 0 aliphatic carbocycles. The summed E-state index contributed by atoms with van der Waals surface area (Å²) >= 11 is 0. The highest BCUT2D eigenvalue weighted by molar-refractivity contribution is 6.08. The number of piperazine rings is 1. The number of aryl methyl sites for hydroxylation is 1. The van der Waals surface area contributed by atoms with Crippen molar-refractivity contribution in [2.45, 2.75) is 32.7 Å². The average molecular weight is 733 g/mol. The third-order valence-corrected chi connectivity index (χ3v) is 8.09. The van der Waals surface area contributed by atoms with Gasteiger partial charge in [0.25, 0.3) is 17.4 Å². The monoisotopic (exact) mass is 732 g/mol. The SMILES string of the molecule is CCN1CCN(Cc2ccc(NC(=O)c3ccc(C)c(NC(=O)c4cccc(-c5cn[nH]c(=O)c5)c4)c3)cc2C(F)(F)F)CC1.O=C(O)C(F)(F)F. The number of carboxylic acid groups (broad SMARTS) is 1. The molecule has 5 rings (SSSR count). The van der Waals surface area contributed by atoms with E-state index in [0.717, 1.165) is 25.7 Å². The van der Waals surface area contributed by atoms with Gasteiger partial charge in [-0.25, -0.2) is 9.89 Å². The van der Waals surface area contributed by atoms with Crippen LogP contribution in [0.1, 0.15) is 44.3 Å². The van der Waals surface area contributed by atoms with Gasteiger partial charge in [0.15, 0.2) is 0 Å². The quantitative estimate of drug-likeness (QED) is 0.161. The van der Waals surface area contributed by atoms with Gasteiger partial charge in [-0.05, 0) is 66.6 Å². The molecule has 1 fully saturated rings. The summed E-state index contributed by atoms with van der Waals surface area (Å²) < 4.78 is 73.9. The lowest BCUT2D eigenvalue weighted by Crippen LogP contribution is -2.45. The Bertz CT molecular complexity index is 1970. The average Bonchev–Trinajstić information content (AvgIpc) is 3.09. The number of rotatable bonds is 8. The molecule has 1 aliphatic rings. The van der Waals surface area contributed by atoms with Gasteiger partial charge >= 0.3 is 18.3 Å². The number of amides is 2. The van der Waals surface area contributed by atoms with Crippen LogP contribution in [-0.2, 0) is 17.5 Å². The van der Waals surface area contributed by atoms with E-state index in [9.17, 15) is 40.7 Å². The van der Waals surface area contributed by atoms with Gasteiger partial charge in [0.05, 0.1) is 11.8 Å². The van der Waals surface area contributed by atoms with Crippen molar-refractivity contribution in [3.8, 4) is 11.1 Å². The smallest absolute Gasteiger partial charge is 0.475 e. The molecule has 1 saturated heterocycles. The van der Waals surface area contributed by atoms with Crippen LogP contribution in [0, 0.1) is 6.92 Å². The van der Waals surface area contributed by atoms with E-state index in [2.05, 4.69) is 32.7 Å². The van der Waals surface area contributed by atoms with E-state index in [4.69, 9.17) is 9.90 Å². The number of alkyl halides is 6. The number of hydrogen-bond donors (Lipinski definition) is 4. The molecule has 4 N–H and O–H groups in total. The van der Waals surface area contributed by atoms with E-state index >= 15 is 0 Å². The zero-order valence-corrected chi connectivity index (χ0v) is 27.9. The number of likely N-dealkylation sites (N-methyl/N-ethyl adjacent to an activating group) is 1. The summed E-state index contributed by atoms with van der Waals surface area (Å²) in [6.07, 6.45) is -8.20. The van der Waals surface area contributed by atoms with E-state index in [-0.39, 0.29) is 28.9 Å². The number of carbonyl (C=O) groups excluding carboxylic acids is 2. The maximum absolute atomic E-state index is 14.1. The van der Waals surface area contributed by atoms with Crippen LogP contribution in [0.4, 0.5) is 37.7 Å². The molecule has 0 saturated carbocycles. The van der Waals surface area contributed by atoms with E-state index in [1.54, 1.807) is 37.3 Å². The second-order valence-electron chi connectivity index (χ2n) is 11.7. The summed E-state index contributed by atoms with van der Waals surface area (Å²) in [5.41, 5.74) is 1.69. The van der Waals surface area contributed by atoms with Crippen molar-refractivity contribution in [1.82, 2.24) is 20.0 Å². The normalized spacial score (nSPS) is 13.8. The number of nitrogens with zero attached hydrogens (tertiary/aromatic N) is 3. The second-order valence-corrected chi connectivity index (χ2v) is 11.7. The van der Waals surface area contributed by atoms with Gasteiger partial charge in [-0.15, -0.1) is 0 Å². The van der Waals surface area contributed by atoms with Crippen LogP contribution in [-0.4, -0.2) is 81.8 Å². The molecular weight excluding hydrogens is 698 g/mol. The van der Waals surface area contributed by atoms with Crippen LogP contribution < -0.4 is 16.2 Å². The highest BCUT2D eigenvalue weighted by Crippen LogP contribution is 2.35. The molecule has 3 aromatic carbocycles. The van der Waals surface area contributed by atoms with Gasteiger partial charge < -0.3 is 20.6 Å². The number of carboxylic acids is 1. The van der Waals surface area contributed by atoms with Crippen LogP contribution >= 0.6 is 0 Å². The summed E-state index contributed by atoms with van der Waals surface area (Å²) in [6, 6.07) is 16.5. The topological polar surface area (TPSA) is 148 Å². The third-order valence-electron chi connectivity index (χ3n) is 8.09. The minimum absolute atomic E-state index is 0.0177. The number of aromatic nitrogens is 2. The molecule has 0 atom stereocenters. The highest BCUT2D eigenvalue weighted by atomic mass is 19.4. The Morgan fingerprint density at radius 3 is 2.08 bits per heavy atom. The van der Waals surface area contributed by atoms with Crippen LogP contribution in [0.15, 0.2) is 77.7 Å². The van der Waals surface area contributed by atoms with Crippen LogP contribution in [0.25, 0.3) is 11.1 Å². The molecule has 17 heteroatoms. The lowest BCUT2D eigenvalue weighted by Gasteiger charge is -2.34. The van der Waals surface area contributed by atoms with Crippen LogP contribution in [0.3, 0.4) is 0 Å². The molecule has 276 valence electrons. The molecule has 1 aromatic heterocycles. The van der Waals surface area contributed by atoms with Gasteiger partial charge in [-0.1, -0.05) is 31.2 Å². The first-order valence-electron chi connectivity index (χ1n) is 15.8. The molecule has 4 aromatic rings. The van der Waals surface area contributed by atoms with Gasteiger partial charge in [-0.2, -0.15) is 31.4 Å². The summed E-state index contributed by atoms with van der Waals surface area (Å²) in [5.74, 6) is -3.82. The Morgan fingerprint density at radius 1 is 0.827 bits per heavy atom. The number of anilines is 2. The van der Waals surface area contributed by atoms with E-state index in [1.807, 2.05) is 4.90 Å². The van der Waals surface area contributed by atoms with Gasteiger partial charge in [0, 0.05) is 66.9 Å². The van der Waals surface area contributed by atoms with Crippen LogP contribution in [0.5, 0.6) is 0 Å². The largest absolute Gasteiger partial charge is 0.490 e. The number of aliphatic carboxylic acids is 1. The number of nitrogens with one attached hydrogen (secondary N) is 3. The standard InChI is InChI=1S/C33H33F3N6O3.C2HF3O2/c1-3-41-11-13-42(14-12-41)20-25-9-10-27(18-28(25)33(34,35)36)38-31(44)24-8-7-21(2)29(16-24)39-32(45)23-6-4-5-22(15-23)26-17-30(43)40-37-19-26;3-2(4,5)1(6)7/h4-10,15-19H,3,11-14,20H2,1-2H3,(H,38,44)(H,39,45)(H,40,43);(H,6,7). The molecular formula is C35H34F6N6O5. The van der Waals surface area contributed by atoms with Crippen molar-refractivity contribution < 1.29 is 45.8 Å². The summed E-state index contributed by atoms with van der Waals surface area (Å²) in [6.45, 7) is 7.90. The van der Waals surface area contributed by atoms with Crippen LogP contribution in [0.2, 0.25) is 0 Å². The molecule has 2 heterocycles. The van der Waals surface area contributed by atoms with Crippen molar-refractivity contribution in [2.24, 2.45) is 0 Å². The molecule has 1 aliphatic heterocycles. The van der Waals surface area contributed by atoms with Crippen molar-refractivity contribution in [3.63, 3.8) is 0 Å². The van der Waals surface area contributed by atoms with E-state index in [1.165, 1.54) is 36.5 Å². The third kappa shape index (κ3) is 10.7. The number of halogens is 6. The van der Waals surface area contributed by atoms with Crippen molar-refractivity contribution in [1.29, 1.82) is 0 Å². The first-order valence-corrected chi connectivity index (χ1v) is 15.8. The first kappa shape index (κ1) is 39.2. The molecule has 0 spiro atoms. The molecule has 52 heavy (non-hydrogen) atoms.